The maximum Gasteiger partial charge on any atom is 0.245 e. The van der Waals surface area contributed by atoms with Crippen molar-refractivity contribution in [2.24, 2.45) is 17.8 Å². The molecule has 1 unspecified atom stereocenters. The van der Waals surface area contributed by atoms with Gasteiger partial charge < -0.3 is 41.7 Å². The molecule has 0 aliphatic rings. The molecule has 1 aromatic rings. The van der Waals surface area contributed by atoms with E-state index in [2.05, 4.69) is 26.6 Å². The van der Waals surface area contributed by atoms with Crippen molar-refractivity contribution < 1.29 is 43.8 Å². The molecule has 49 heavy (non-hydrogen) atoms. The molecule has 0 aromatic heterocycles. The van der Waals surface area contributed by atoms with Gasteiger partial charge in [-0.1, -0.05) is 58.0 Å². The van der Waals surface area contributed by atoms with Crippen LogP contribution in [0.25, 0.3) is 0 Å². The number of carbonyl (C=O) groups is 7. The Kier molecular flexibility index (Phi) is 18.2. The summed E-state index contributed by atoms with van der Waals surface area (Å²) in [6.07, 6.45) is -2.13. The van der Waals surface area contributed by atoms with Crippen LogP contribution in [-0.4, -0.2) is 114 Å². The van der Waals surface area contributed by atoms with E-state index < -0.39 is 84.2 Å². The summed E-state index contributed by atoms with van der Waals surface area (Å²) < 4.78 is 0. The topological polar surface area (TPSA) is 223 Å². The maximum absolute atomic E-state index is 13.7. The second-order valence-corrected chi connectivity index (χ2v) is 13.1. The average molecular weight is 691 g/mol. The molecule has 0 fully saturated rings. The van der Waals surface area contributed by atoms with Crippen molar-refractivity contribution in [2.45, 2.75) is 97.2 Å². The number of hydrogen-bond donors (Lipinski definition) is 7. The first-order chi connectivity index (χ1) is 22.9. The standard InChI is InChI=1S/C34H54N6O9/c1-19(2)14-24(31(46)35-7)37-32(47)25(16-23-12-10-9-11-13-23)38-33(48)28(21(5)42)30(45)29(22(6)43)39-27(44)17-40(8)34(49)26(36-18-41)15-20(3)4/h9-13,18-22,24-26,28-29,42-43H,14-17H2,1-8H3,(H,35,46)(H,36,41)(H,37,47)(H,38,48)(H,39,44)/t21-,22-,24+,25+,26+,28?,29+/m1/s1. The third kappa shape index (κ3) is 14.3. The molecule has 0 spiro atoms. The summed E-state index contributed by atoms with van der Waals surface area (Å²) in [7, 11) is 2.77. The Morgan fingerprint density at radius 3 is 1.80 bits per heavy atom. The molecule has 0 saturated heterocycles. The van der Waals surface area contributed by atoms with Crippen LogP contribution >= 0.6 is 0 Å². The van der Waals surface area contributed by atoms with Gasteiger partial charge in [-0.25, -0.2) is 0 Å². The number of amides is 6. The Morgan fingerprint density at radius 1 is 0.755 bits per heavy atom. The number of aliphatic hydroxyl groups is 2. The van der Waals surface area contributed by atoms with Gasteiger partial charge in [0.25, 0.3) is 0 Å². The van der Waals surface area contributed by atoms with Gasteiger partial charge in [-0.05, 0) is 44.1 Å². The number of benzene rings is 1. The summed E-state index contributed by atoms with van der Waals surface area (Å²) >= 11 is 0. The van der Waals surface area contributed by atoms with Gasteiger partial charge in [0.1, 0.15) is 30.1 Å². The third-order valence-electron chi connectivity index (χ3n) is 7.71. The van der Waals surface area contributed by atoms with Crippen molar-refractivity contribution in [3.63, 3.8) is 0 Å². The molecule has 7 N–H and O–H groups in total. The van der Waals surface area contributed by atoms with E-state index in [-0.39, 0.29) is 18.3 Å². The van der Waals surface area contributed by atoms with Crippen molar-refractivity contribution in [2.75, 3.05) is 20.6 Å². The molecule has 1 rings (SSSR count). The van der Waals surface area contributed by atoms with Crippen LogP contribution in [0.15, 0.2) is 30.3 Å². The second-order valence-electron chi connectivity index (χ2n) is 13.1. The van der Waals surface area contributed by atoms with E-state index in [0.717, 1.165) is 4.90 Å². The lowest BCUT2D eigenvalue weighted by Gasteiger charge is -2.29. The smallest absolute Gasteiger partial charge is 0.245 e. The molecule has 15 heteroatoms. The largest absolute Gasteiger partial charge is 0.392 e. The van der Waals surface area contributed by atoms with Gasteiger partial charge in [0.05, 0.1) is 18.8 Å². The van der Waals surface area contributed by atoms with Gasteiger partial charge in [-0.3, -0.25) is 33.6 Å². The Morgan fingerprint density at radius 2 is 1.31 bits per heavy atom. The lowest BCUT2D eigenvalue weighted by Crippen LogP contribution is -2.59. The molecular weight excluding hydrogens is 636 g/mol. The molecule has 0 aliphatic heterocycles. The van der Waals surface area contributed by atoms with Crippen LogP contribution in [0, 0.1) is 17.8 Å². The van der Waals surface area contributed by atoms with Crippen molar-refractivity contribution in [3.05, 3.63) is 35.9 Å². The minimum absolute atomic E-state index is 0.0189. The number of rotatable bonds is 21. The molecule has 0 aliphatic carbocycles. The van der Waals surface area contributed by atoms with Gasteiger partial charge >= 0.3 is 0 Å². The Hall–Kier alpha value is -4.37. The number of nitrogens with one attached hydrogen (secondary N) is 5. The predicted octanol–water partition coefficient (Wildman–Crippen LogP) is -0.958. The van der Waals surface area contributed by atoms with E-state index in [1.165, 1.54) is 27.9 Å². The van der Waals surface area contributed by atoms with Crippen LogP contribution in [0.4, 0.5) is 0 Å². The number of likely N-dealkylation sites (N-methyl/N-ethyl adjacent to an activating group) is 2. The van der Waals surface area contributed by atoms with E-state index in [9.17, 15) is 43.8 Å². The quantitative estimate of drug-likeness (QED) is 0.0623. The number of hydrogen-bond acceptors (Lipinski definition) is 9. The lowest BCUT2D eigenvalue weighted by molar-refractivity contribution is -0.144. The van der Waals surface area contributed by atoms with Crippen LogP contribution in [0.5, 0.6) is 0 Å². The van der Waals surface area contributed by atoms with E-state index in [4.69, 9.17) is 0 Å². The Bertz CT molecular complexity index is 1270. The average Bonchev–Trinajstić information content (AvgIpc) is 3.01. The molecule has 6 amide bonds. The molecular formula is C34H54N6O9. The summed E-state index contributed by atoms with van der Waals surface area (Å²) in [6, 6.07) is 3.97. The highest BCUT2D eigenvalue weighted by Crippen LogP contribution is 2.14. The molecule has 0 heterocycles. The van der Waals surface area contributed by atoms with Crippen molar-refractivity contribution >= 4 is 41.7 Å². The van der Waals surface area contributed by atoms with Crippen LogP contribution < -0.4 is 26.6 Å². The van der Waals surface area contributed by atoms with Gasteiger partial charge in [-0.2, -0.15) is 0 Å². The minimum Gasteiger partial charge on any atom is -0.392 e. The minimum atomic E-state index is -1.83. The Balaban J connectivity index is 3.26. The fourth-order valence-electron chi connectivity index (χ4n) is 5.25. The van der Waals surface area contributed by atoms with Gasteiger partial charge in [-0.15, -0.1) is 0 Å². The first-order valence-electron chi connectivity index (χ1n) is 16.4. The summed E-state index contributed by atoms with van der Waals surface area (Å²) in [5.41, 5.74) is 0.662. The first kappa shape index (κ1) is 42.7. The molecule has 1 aromatic carbocycles. The molecule has 15 nitrogen and oxygen atoms in total. The number of nitrogens with zero attached hydrogens (tertiary/aromatic N) is 1. The highest BCUT2D eigenvalue weighted by atomic mass is 16.3. The Labute approximate surface area is 288 Å². The number of ketones is 1. The zero-order valence-electron chi connectivity index (χ0n) is 29.7. The van der Waals surface area contributed by atoms with E-state index in [0.29, 0.717) is 24.8 Å². The summed E-state index contributed by atoms with van der Waals surface area (Å²) in [6.45, 7) is 9.33. The number of Topliss-reactive ketones (excluding diaryl/α,β-unsaturated/α-hetero) is 1. The zero-order chi connectivity index (χ0) is 37.4. The highest BCUT2D eigenvalue weighted by Gasteiger charge is 2.40. The fraction of sp³-hybridized carbons (Fsp3) is 0.618. The fourth-order valence-corrected chi connectivity index (χ4v) is 5.25. The van der Waals surface area contributed by atoms with Crippen molar-refractivity contribution in [1.29, 1.82) is 0 Å². The van der Waals surface area contributed by atoms with Gasteiger partial charge in [0.15, 0.2) is 5.78 Å². The highest BCUT2D eigenvalue weighted by molar-refractivity contribution is 6.07. The zero-order valence-corrected chi connectivity index (χ0v) is 29.7. The van der Waals surface area contributed by atoms with E-state index >= 15 is 0 Å². The van der Waals surface area contributed by atoms with Crippen LogP contribution in [0.1, 0.15) is 59.9 Å². The lowest BCUT2D eigenvalue weighted by atomic mass is 9.89. The molecule has 7 atom stereocenters. The van der Waals surface area contributed by atoms with Gasteiger partial charge in [0.2, 0.25) is 35.9 Å². The summed E-state index contributed by atoms with van der Waals surface area (Å²) in [5, 5.41) is 33.6. The normalized spacial score (nSPS) is 15.4. The maximum atomic E-state index is 13.7. The van der Waals surface area contributed by atoms with Crippen LogP contribution in [0.3, 0.4) is 0 Å². The first-order valence-corrected chi connectivity index (χ1v) is 16.4. The van der Waals surface area contributed by atoms with E-state index in [1.807, 2.05) is 27.7 Å². The SMILES string of the molecule is CNC(=O)[C@H](CC(C)C)NC(=O)[C@H](Cc1ccccc1)NC(=O)C(C(=O)[C@@H](NC(=O)CN(C)C(=O)[C@H](CC(C)C)NC=O)[C@@H](C)O)[C@@H](C)O. The van der Waals surface area contributed by atoms with Crippen molar-refractivity contribution in [3.8, 4) is 0 Å². The molecule has 0 bridgehead atoms. The molecule has 274 valence electrons. The molecule has 0 saturated carbocycles. The monoisotopic (exact) mass is 690 g/mol. The third-order valence-corrected chi connectivity index (χ3v) is 7.71. The summed E-state index contributed by atoms with van der Waals surface area (Å²) in [4.78, 5) is 91.3. The van der Waals surface area contributed by atoms with E-state index in [1.54, 1.807) is 30.3 Å². The molecule has 0 radical (unpaired) electrons. The van der Waals surface area contributed by atoms with Crippen LogP contribution in [0.2, 0.25) is 0 Å². The number of aliphatic hydroxyl groups excluding tert-OH is 2. The number of carbonyl (C=O) groups excluding carboxylic acids is 7. The van der Waals surface area contributed by atoms with Crippen LogP contribution in [-0.2, 0) is 40.0 Å². The summed E-state index contributed by atoms with van der Waals surface area (Å²) in [5.74, 6) is -6.33. The predicted molar refractivity (Wildman–Crippen MR) is 181 cm³/mol. The van der Waals surface area contributed by atoms with Crippen molar-refractivity contribution in [1.82, 2.24) is 31.5 Å². The van der Waals surface area contributed by atoms with Gasteiger partial charge in [0, 0.05) is 20.5 Å². The second kappa shape index (κ2) is 20.9.